The zero-order valence-corrected chi connectivity index (χ0v) is 63.1. The number of phosphoric acid groups is 2. The molecule has 19 heteroatoms. The van der Waals surface area contributed by atoms with Gasteiger partial charge in [-0.3, -0.25) is 37.3 Å². The van der Waals surface area contributed by atoms with E-state index in [2.05, 4.69) is 41.5 Å². The summed E-state index contributed by atoms with van der Waals surface area (Å²) in [4.78, 5) is 72.5. The number of carbonyl (C=O) groups is 4. The molecule has 0 radical (unpaired) electrons. The number of ether oxygens (including phenoxy) is 4. The van der Waals surface area contributed by atoms with Crippen molar-refractivity contribution in [1.29, 1.82) is 0 Å². The first-order valence-electron chi connectivity index (χ1n) is 39.1. The summed E-state index contributed by atoms with van der Waals surface area (Å²) >= 11 is 0. The van der Waals surface area contributed by atoms with Crippen LogP contribution in [0, 0.1) is 11.8 Å². The highest BCUT2D eigenvalue weighted by molar-refractivity contribution is 7.47. The highest BCUT2D eigenvalue weighted by Crippen LogP contribution is 2.45. The predicted octanol–water partition coefficient (Wildman–Crippen LogP) is 21.9. The van der Waals surface area contributed by atoms with Crippen LogP contribution in [0.15, 0.2) is 0 Å². The minimum Gasteiger partial charge on any atom is -0.462 e. The molecular weight excluding hydrogens is 1230 g/mol. The second-order valence-corrected chi connectivity index (χ2v) is 30.4. The topological polar surface area (TPSA) is 237 Å². The van der Waals surface area contributed by atoms with Crippen LogP contribution in [-0.2, 0) is 65.4 Å². The van der Waals surface area contributed by atoms with Crippen LogP contribution < -0.4 is 0 Å². The third-order valence-corrected chi connectivity index (χ3v) is 20.1. The van der Waals surface area contributed by atoms with Gasteiger partial charge in [0.15, 0.2) is 12.2 Å². The lowest BCUT2D eigenvalue weighted by atomic mass is 9.99. The number of hydrogen-bond acceptors (Lipinski definition) is 15. The van der Waals surface area contributed by atoms with E-state index in [-0.39, 0.29) is 25.7 Å². The lowest BCUT2D eigenvalue weighted by Crippen LogP contribution is -2.30. The summed E-state index contributed by atoms with van der Waals surface area (Å²) in [7, 11) is -9.90. The first kappa shape index (κ1) is 92.1. The van der Waals surface area contributed by atoms with Crippen LogP contribution in [0.3, 0.4) is 0 Å². The lowest BCUT2D eigenvalue weighted by Gasteiger charge is -2.21. The van der Waals surface area contributed by atoms with E-state index in [1.54, 1.807) is 0 Å². The molecule has 0 aromatic carbocycles. The number of phosphoric ester groups is 2. The first-order chi connectivity index (χ1) is 45.4. The van der Waals surface area contributed by atoms with E-state index in [0.717, 1.165) is 115 Å². The molecule has 0 aliphatic heterocycles. The van der Waals surface area contributed by atoms with Crippen LogP contribution in [-0.4, -0.2) is 96.7 Å². The van der Waals surface area contributed by atoms with E-state index >= 15 is 0 Å². The van der Waals surface area contributed by atoms with E-state index in [1.807, 2.05) is 0 Å². The summed E-state index contributed by atoms with van der Waals surface area (Å²) in [5.41, 5.74) is 0. The number of hydrogen-bond donors (Lipinski definition) is 3. The van der Waals surface area contributed by atoms with Crippen molar-refractivity contribution < 1.29 is 80.2 Å². The molecule has 0 saturated heterocycles. The number of unbranched alkanes of at least 4 members (excludes halogenated alkanes) is 42. The van der Waals surface area contributed by atoms with Crippen LogP contribution in [0.4, 0.5) is 0 Å². The van der Waals surface area contributed by atoms with E-state index in [9.17, 15) is 43.2 Å². The number of esters is 4. The molecule has 0 saturated carbocycles. The summed E-state index contributed by atoms with van der Waals surface area (Å²) in [6.45, 7) is 9.56. The van der Waals surface area contributed by atoms with Crippen molar-refractivity contribution in [2.45, 2.75) is 407 Å². The monoisotopic (exact) mass is 1380 g/mol. The maximum Gasteiger partial charge on any atom is 0.472 e. The Kier molecular flexibility index (Phi) is 65.5. The third kappa shape index (κ3) is 66.0. The van der Waals surface area contributed by atoms with Crippen LogP contribution in [0.5, 0.6) is 0 Å². The average Bonchev–Trinajstić information content (AvgIpc) is 2.13. The minimum atomic E-state index is -4.96. The molecule has 4 unspecified atom stereocenters. The molecule has 0 amide bonds. The fourth-order valence-corrected chi connectivity index (χ4v) is 13.0. The van der Waals surface area contributed by atoms with E-state index in [0.29, 0.717) is 25.7 Å². The molecule has 0 spiro atoms. The standard InChI is InChI=1S/C75H146O17P2/c1-7-11-13-15-17-18-19-20-25-29-32-35-39-46-52-58-73(78)86-64-70(91-74(79)59-53-47-40-36-33-30-27-24-22-21-23-26-28-31-34-38-43-49-55-67(5)9-3)65-89-93(81,82)87-61-69(76)62-88-94(83,84)90-66-71(63-85-72(77)57-51-45-37-16-14-12-8-2)92-75(80)60-54-48-42-41-44-50-56-68(6)10-4/h67-71,76H,7-66H2,1-6H3,(H,81,82)(H,83,84)/t67?,68?,69-,70-,71-/m1/s1. The largest absolute Gasteiger partial charge is 0.472 e. The van der Waals surface area contributed by atoms with Gasteiger partial charge in [0.05, 0.1) is 26.4 Å². The number of rotatable bonds is 74. The fourth-order valence-electron chi connectivity index (χ4n) is 11.4. The van der Waals surface area contributed by atoms with Gasteiger partial charge < -0.3 is 33.8 Å². The molecule has 17 nitrogen and oxygen atoms in total. The summed E-state index contributed by atoms with van der Waals surface area (Å²) in [6.07, 6.45) is 54.4. The second-order valence-electron chi connectivity index (χ2n) is 27.5. The van der Waals surface area contributed by atoms with Crippen LogP contribution in [0.2, 0.25) is 0 Å². The Morgan fingerprint density at radius 1 is 0.298 bits per heavy atom. The predicted molar refractivity (Wildman–Crippen MR) is 381 cm³/mol. The molecule has 7 atom stereocenters. The van der Waals surface area contributed by atoms with Gasteiger partial charge in [-0.2, -0.15) is 0 Å². The summed E-state index contributed by atoms with van der Waals surface area (Å²) in [5.74, 6) is -0.533. The second kappa shape index (κ2) is 66.9. The van der Waals surface area contributed by atoms with Gasteiger partial charge in [-0.1, -0.05) is 337 Å². The van der Waals surface area contributed by atoms with Crippen LogP contribution >= 0.6 is 15.6 Å². The molecule has 0 aromatic heterocycles. The maximum absolute atomic E-state index is 13.1. The molecule has 0 rings (SSSR count). The molecule has 0 fully saturated rings. The molecule has 3 N–H and O–H groups in total. The van der Waals surface area contributed by atoms with Gasteiger partial charge in [0.25, 0.3) is 0 Å². The Morgan fingerprint density at radius 2 is 0.511 bits per heavy atom. The minimum absolute atomic E-state index is 0.103. The summed E-state index contributed by atoms with van der Waals surface area (Å²) in [6, 6.07) is 0. The Labute approximate surface area is 575 Å². The lowest BCUT2D eigenvalue weighted by molar-refractivity contribution is -0.161. The van der Waals surface area contributed by atoms with Gasteiger partial charge in [-0.15, -0.1) is 0 Å². The zero-order chi connectivity index (χ0) is 69.3. The Hall–Kier alpha value is -1.94. The highest BCUT2D eigenvalue weighted by atomic mass is 31.2. The summed E-state index contributed by atoms with van der Waals surface area (Å²) < 4.78 is 68.3. The van der Waals surface area contributed by atoms with Crippen LogP contribution in [0.25, 0.3) is 0 Å². The van der Waals surface area contributed by atoms with Crippen molar-refractivity contribution in [3.8, 4) is 0 Å². The smallest absolute Gasteiger partial charge is 0.462 e. The van der Waals surface area contributed by atoms with Crippen molar-refractivity contribution in [2.24, 2.45) is 11.8 Å². The molecule has 94 heavy (non-hydrogen) atoms. The van der Waals surface area contributed by atoms with Gasteiger partial charge in [-0.05, 0) is 37.5 Å². The SMILES string of the molecule is CCCCCCCCCCCCCCCCCC(=O)OC[C@H](COP(=O)(O)OC[C@@H](O)COP(=O)(O)OC[C@@H](COC(=O)CCCCCCCCC)OC(=O)CCCCCCCCC(C)CC)OC(=O)CCCCCCCCCCCCCCCCCCCCC(C)CC. The Balaban J connectivity index is 5.15. The zero-order valence-electron chi connectivity index (χ0n) is 61.3. The highest BCUT2D eigenvalue weighted by Gasteiger charge is 2.30. The Morgan fingerprint density at radius 3 is 0.755 bits per heavy atom. The molecule has 0 aromatic rings. The number of aliphatic hydroxyl groups excluding tert-OH is 1. The fraction of sp³-hybridized carbons (Fsp3) is 0.947. The molecular formula is C75H146O17P2. The molecule has 558 valence electrons. The molecule has 0 heterocycles. The van der Waals surface area contributed by atoms with Crippen molar-refractivity contribution >= 4 is 39.5 Å². The van der Waals surface area contributed by atoms with Gasteiger partial charge in [0, 0.05) is 25.7 Å². The van der Waals surface area contributed by atoms with Crippen LogP contribution in [0.1, 0.15) is 388 Å². The molecule has 0 bridgehead atoms. The van der Waals surface area contributed by atoms with Gasteiger partial charge in [0.1, 0.15) is 19.3 Å². The quantitative estimate of drug-likeness (QED) is 0.0222. The maximum atomic E-state index is 13.1. The molecule has 0 aliphatic rings. The third-order valence-electron chi connectivity index (χ3n) is 18.2. The summed E-state index contributed by atoms with van der Waals surface area (Å²) in [5, 5.41) is 10.6. The van der Waals surface area contributed by atoms with Gasteiger partial charge >= 0.3 is 39.5 Å². The molecule has 0 aliphatic carbocycles. The average molecular weight is 1380 g/mol. The van der Waals surface area contributed by atoms with E-state index in [1.165, 1.54) is 193 Å². The van der Waals surface area contributed by atoms with Crippen molar-refractivity contribution in [2.75, 3.05) is 39.6 Å². The van der Waals surface area contributed by atoms with Gasteiger partial charge in [-0.25, -0.2) is 9.13 Å². The van der Waals surface area contributed by atoms with Crippen molar-refractivity contribution in [3.05, 3.63) is 0 Å². The van der Waals surface area contributed by atoms with E-state index in [4.69, 9.17) is 37.0 Å². The van der Waals surface area contributed by atoms with Crippen molar-refractivity contribution in [3.63, 3.8) is 0 Å². The Bertz CT molecular complexity index is 1820. The number of carbonyl (C=O) groups excluding carboxylic acids is 4. The first-order valence-corrected chi connectivity index (χ1v) is 42.1. The van der Waals surface area contributed by atoms with Gasteiger partial charge in [0.2, 0.25) is 0 Å². The van der Waals surface area contributed by atoms with E-state index < -0.39 is 97.5 Å². The number of aliphatic hydroxyl groups is 1. The normalized spacial score (nSPS) is 14.6. The van der Waals surface area contributed by atoms with Crippen molar-refractivity contribution in [1.82, 2.24) is 0 Å².